The van der Waals surface area contributed by atoms with Gasteiger partial charge in [-0.05, 0) is 53.4 Å². The van der Waals surface area contributed by atoms with Crippen LogP contribution in [0.25, 0.3) is 11.2 Å². The van der Waals surface area contributed by atoms with Gasteiger partial charge in [0.25, 0.3) is 5.91 Å². The zero-order valence-electron chi connectivity index (χ0n) is 25.8. The Labute approximate surface area is 259 Å². The fourth-order valence-corrected chi connectivity index (χ4v) is 6.82. The van der Waals surface area contributed by atoms with E-state index in [1.807, 2.05) is 30.3 Å². The van der Waals surface area contributed by atoms with Crippen molar-refractivity contribution in [3.63, 3.8) is 0 Å². The van der Waals surface area contributed by atoms with Gasteiger partial charge in [0.2, 0.25) is 5.65 Å². The summed E-state index contributed by atoms with van der Waals surface area (Å²) in [6.45, 7) is 11.5. The molecule has 0 spiro atoms. The monoisotopic (exact) mass is 640 g/mol. The molecule has 14 heteroatoms. The Morgan fingerprint density at radius 2 is 1.77 bits per heavy atom. The van der Waals surface area contributed by atoms with E-state index in [-0.39, 0.29) is 19.7 Å². The lowest BCUT2D eigenvalue weighted by atomic mass is 10.1. The van der Waals surface area contributed by atoms with Crippen molar-refractivity contribution in [3.05, 3.63) is 72.4 Å². The molecule has 1 fully saturated rings. The molecule has 0 unspecified atom stereocenters. The van der Waals surface area contributed by atoms with Crippen LogP contribution in [0.3, 0.4) is 0 Å². The molecule has 1 N–H and O–H groups in total. The number of carbonyl (C=O) groups is 1. The van der Waals surface area contributed by atoms with Gasteiger partial charge in [0.05, 0.1) is 12.3 Å². The van der Waals surface area contributed by atoms with Crippen molar-refractivity contribution in [1.82, 2.24) is 24.4 Å². The molecule has 1 aliphatic heterocycles. The molecule has 44 heavy (non-hydrogen) atoms. The van der Waals surface area contributed by atoms with Gasteiger partial charge >= 0.3 is 10.2 Å². The number of carbonyl (C=O) groups excluding carboxylic acids is 1. The van der Waals surface area contributed by atoms with Crippen LogP contribution in [0.5, 0.6) is 11.5 Å². The van der Waals surface area contributed by atoms with E-state index in [9.17, 15) is 13.2 Å². The molecule has 4 aromatic rings. The van der Waals surface area contributed by atoms with Crippen LogP contribution in [0.15, 0.2) is 66.9 Å². The number of amides is 1. The average molecular weight is 641 g/mol. The van der Waals surface area contributed by atoms with E-state index in [2.05, 4.69) is 48.8 Å². The Bertz CT molecular complexity index is 1660. The van der Waals surface area contributed by atoms with Crippen molar-refractivity contribution in [2.24, 2.45) is 5.92 Å². The third-order valence-corrected chi connectivity index (χ3v) is 10.3. The molecule has 236 valence electrons. The summed E-state index contributed by atoms with van der Waals surface area (Å²) < 4.78 is 40.9. The standard InChI is InChI=1S/C25H36N2O5SSi.C5H4N4O/c1-20(2)13-15-31-22-11-12-24(32-19-21-9-7-6-8-10-21)23(17-22)27-18-25(28)26(33(27,29)30)14-16-34(3,4)5;10-9-5-4(7-8-9)2-1-3-6-5/h6-12,17,20H,13-16,18-19H2,1-5H3;1-3,10H. The first-order valence-electron chi connectivity index (χ1n) is 14.5. The maximum atomic E-state index is 13.4. The number of anilines is 1. The third-order valence-electron chi connectivity index (χ3n) is 6.77. The van der Waals surface area contributed by atoms with Crippen LogP contribution >= 0.6 is 0 Å². The number of fused-ring (bicyclic) bond motifs is 1. The zero-order valence-corrected chi connectivity index (χ0v) is 27.6. The Morgan fingerprint density at radius 3 is 2.45 bits per heavy atom. The van der Waals surface area contributed by atoms with E-state index in [0.29, 0.717) is 51.8 Å². The van der Waals surface area contributed by atoms with Gasteiger partial charge in [0.1, 0.15) is 30.2 Å². The highest BCUT2D eigenvalue weighted by Gasteiger charge is 2.44. The van der Waals surface area contributed by atoms with Crippen molar-refractivity contribution in [2.45, 2.75) is 52.6 Å². The van der Waals surface area contributed by atoms with Crippen molar-refractivity contribution in [2.75, 3.05) is 24.0 Å². The van der Waals surface area contributed by atoms with Crippen LogP contribution in [-0.4, -0.2) is 71.7 Å². The third kappa shape index (κ3) is 8.47. The van der Waals surface area contributed by atoms with Crippen LogP contribution < -0.4 is 13.8 Å². The minimum absolute atomic E-state index is 0.207. The van der Waals surface area contributed by atoms with Gasteiger partial charge in [-0.3, -0.25) is 4.79 Å². The number of pyridine rings is 1. The van der Waals surface area contributed by atoms with E-state index in [4.69, 9.17) is 14.7 Å². The summed E-state index contributed by atoms with van der Waals surface area (Å²) in [5.74, 6) is 1.01. The smallest absolute Gasteiger partial charge is 0.329 e. The molecule has 12 nitrogen and oxygen atoms in total. The Kier molecular flexibility index (Phi) is 10.5. The maximum absolute atomic E-state index is 13.4. The molecule has 3 heterocycles. The minimum atomic E-state index is -4.00. The van der Waals surface area contributed by atoms with E-state index in [0.717, 1.165) is 20.6 Å². The van der Waals surface area contributed by atoms with E-state index in [1.165, 1.54) is 0 Å². The highest BCUT2D eigenvalue weighted by Crippen LogP contribution is 2.38. The summed E-state index contributed by atoms with van der Waals surface area (Å²) >= 11 is 0. The quantitative estimate of drug-likeness (QED) is 0.177. The Hall–Kier alpha value is -4.17. The molecule has 0 atom stereocenters. The normalized spacial score (nSPS) is 14.5. The first kappa shape index (κ1) is 32.7. The fraction of sp³-hybridized carbons (Fsp3) is 0.400. The maximum Gasteiger partial charge on any atom is 0.329 e. The van der Waals surface area contributed by atoms with E-state index in [1.54, 1.807) is 36.5 Å². The molecule has 5 rings (SSSR count). The van der Waals surface area contributed by atoms with Gasteiger partial charge in [-0.15, -0.1) is 5.10 Å². The highest BCUT2D eigenvalue weighted by atomic mass is 32.2. The Morgan fingerprint density at radius 1 is 1.02 bits per heavy atom. The van der Waals surface area contributed by atoms with Gasteiger partial charge in [-0.2, -0.15) is 8.42 Å². The molecule has 0 bridgehead atoms. The van der Waals surface area contributed by atoms with Crippen LogP contribution in [0.4, 0.5) is 5.69 Å². The molecule has 0 radical (unpaired) electrons. The van der Waals surface area contributed by atoms with E-state index >= 15 is 0 Å². The predicted octanol–water partition coefficient (Wildman–Crippen LogP) is 4.99. The molecule has 1 saturated heterocycles. The summed E-state index contributed by atoms with van der Waals surface area (Å²) in [5, 5.41) is 15.9. The first-order chi connectivity index (χ1) is 20.8. The van der Waals surface area contributed by atoms with Crippen molar-refractivity contribution >= 4 is 41.0 Å². The van der Waals surface area contributed by atoms with Crippen molar-refractivity contribution < 1.29 is 27.9 Å². The molecule has 1 aliphatic rings. The summed E-state index contributed by atoms with van der Waals surface area (Å²) in [7, 11) is -5.54. The summed E-state index contributed by atoms with van der Waals surface area (Å²) in [6, 6.07) is 19.0. The van der Waals surface area contributed by atoms with Gasteiger partial charge in [0.15, 0.2) is 0 Å². The number of hydrogen-bond acceptors (Lipinski definition) is 9. The lowest BCUT2D eigenvalue weighted by Crippen LogP contribution is -2.37. The first-order valence-corrected chi connectivity index (χ1v) is 19.6. The SMILES string of the molecule is CC(C)CCOc1ccc(OCc2ccccc2)c(N2CC(=O)N(CC[Si](C)(C)C)S2(=O)=O)c1.On1nnc2cccnc21. The summed E-state index contributed by atoms with van der Waals surface area (Å²) in [5.41, 5.74) is 2.25. The number of nitrogens with zero attached hydrogens (tertiary/aromatic N) is 6. The summed E-state index contributed by atoms with van der Waals surface area (Å²) in [4.78, 5) is 17.2. The second kappa shape index (κ2) is 14.1. The predicted molar refractivity (Wildman–Crippen MR) is 171 cm³/mol. The van der Waals surface area contributed by atoms with Crippen LogP contribution in [0.1, 0.15) is 25.8 Å². The molecule has 2 aromatic carbocycles. The number of rotatable bonds is 11. The molecule has 0 saturated carbocycles. The number of benzene rings is 2. The lowest BCUT2D eigenvalue weighted by molar-refractivity contribution is -0.123. The molecular formula is C30H40N6O6SSi. The summed E-state index contributed by atoms with van der Waals surface area (Å²) in [6.07, 6.45) is 2.45. The topological polar surface area (TPSA) is 140 Å². The van der Waals surface area contributed by atoms with Gasteiger partial charge in [0, 0.05) is 26.9 Å². The zero-order chi connectivity index (χ0) is 31.9. The highest BCUT2D eigenvalue weighted by molar-refractivity contribution is 7.91. The van der Waals surface area contributed by atoms with Crippen LogP contribution in [-0.2, 0) is 21.6 Å². The van der Waals surface area contributed by atoms with Crippen molar-refractivity contribution in [1.29, 1.82) is 0 Å². The molecular weight excluding hydrogens is 601 g/mol. The molecule has 2 aromatic heterocycles. The lowest BCUT2D eigenvalue weighted by Gasteiger charge is -2.24. The minimum Gasteiger partial charge on any atom is -0.494 e. The Balaban J connectivity index is 0.000000369. The second-order valence-corrected chi connectivity index (χ2v) is 19.4. The van der Waals surface area contributed by atoms with E-state index < -0.39 is 24.2 Å². The fourth-order valence-electron chi connectivity index (χ4n) is 4.22. The van der Waals surface area contributed by atoms with Gasteiger partial charge < -0.3 is 14.7 Å². The second-order valence-electron chi connectivity index (χ2n) is 12.1. The number of hydrogen-bond donors (Lipinski definition) is 1. The number of aromatic nitrogens is 4. The largest absolute Gasteiger partial charge is 0.494 e. The van der Waals surface area contributed by atoms with Crippen LogP contribution in [0.2, 0.25) is 25.7 Å². The molecule has 1 amide bonds. The van der Waals surface area contributed by atoms with Gasteiger partial charge in [-0.25, -0.2) is 13.6 Å². The number of ether oxygens (including phenoxy) is 2. The average Bonchev–Trinajstić information content (AvgIpc) is 3.46. The van der Waals surface area contributed by atoms with Gasteiger partial charge in [-0.1, -0.05) is 68.7 Å². The van der Waals surface area contributed by atoms with Crippen LogP contribution in [0, 0.1) is 5.92 Å². The molecule has 0 aliphatic carbocycles. The van der Waals surface area contributed by atoms with Crippen molar-refractivity contribution in [3.8, 4) is 11.5 Å².